The van der Waals surface area contributed by atoms with Gasteiger partial charge in [0, 0.05) is 58.9 Å². The average molecular weight is 390 g/mol. The maximum absolute atomic E-state index is 12.6. The van der Waals surface area contributed by atoms with E-state index in [1.54, 1.807) is 4.90 Å². The van der Waals surface area contributed by atoms with Crippen molar-refractivity contribution in [2.45, 2.75) is 0 Å². The zero-order chi connectivity index (χ0) is 20.7. The Morgan fingerprint density at radius 1 is 0.741 bits per heavy atom. The first kappa shape index (κ1) is 25.7. The summed E-state index contributed by atoms with van der Waals surface area (Å²) in [7, 11) is 0. The van der Waals surface area contributed by atoms with Crippen LogP contribution in [0.15, 0.2) is 0 Å². The van der Waals surface area contributed by atoms with E-state index in [2.05, 4.69) is 10.6 Å². The minimum Gasteiger partial charge on any atom is -0.354 e. The third kappa shape index (κ3) is 9.96. The van der Waals surface area contributed by atoms with Crippen LogP contribution in [0.25, 0.3) is 0 Å². The van der Waals surface area contributed by atoms with Crippen LogP contribution in [-0.2, 0) is 9.59 Å². The molecule has 0 saturated carbocycles. The summed E-state index contributed by atoms with van der Waals surface area (Å²) >= 11 is 0. The topological polar surface area (TPSA) is 218 Å². The largest absolute Gasteiger partial charge is 0.354 e. The Labute approximate surface area is 161 Å². The second-order valence-electron chi connectivity index (χ2n) is 6.49. The lowest BCUT2D eigenvalue weighted by Crippen LogP contribution is -2.49. The van der Waals surface area contributed by atoms with Crippen LogP contribution in [0.4, 0.5) is 0 Å². The lowest BCUT2D eigenvalue weighted by Gasteiger charge is -2.27. The Hall–Kier alpha value is -1.34. The molecule has 0 aliphatic carbocycles. The molecule has 11 nitrogen and oxygen atoms in total. The molecule has 0 aliphatic rings. The smallest absolute Gasteiger partial charge is 0.228 e. The van der Waals surface area contributed by atoms with Gasteiger partial charge in [-0.05, 0) is 19.0 Å². The molecule has 14 N–H and O–H groups in total. The maximum Gasteiger partial charge on any atom is 0.228 e. The number of nitrogens with zero attached hydrogens (tertiary/aromatic N) is 1. The molecule has 0 aromatic carbocycles. The summed E-state index contributed by atoms with van der Waals surface area (Å²) in [4.78, 5) is 26.2. The predicted molar refractivity (Wildman–Crippen MR) is 107 cm³/mol. The van der Waals surface area contributed by atoms with Crippen LogP contribution in [0.5, 0.6) is 0 Å². The fourth-order valence-corrected chi connectivity index (χ4v) is 2.44. The van der Waals surface area contributed by atoms with Crippen molar-refractivity contribution in [3.8, 4) is 0 Å². The molecule has 0 bridgehead atoms. The molecule has 0 aromatic rings. The molecular formula is C16H39N9O2. The Morgan fingerprint density at radius 3 is 1.74 bits per heavy atom. The van der Waals surface area contributed by atoms with Gasteiger partial charge in [0.15, 0.2) is 0 Å². The van der Waals surface area contributed by atoms with Crippen LogP contribution in [0.2, 0.25) is 0 Å². The van der Waals surface area contributed by atoms with Crippen molar-refractivity contribution in [1.82, 2.24) is 15.5 Å². The number of amides is 2. The molecule has 0 saturated heterocycles. The van der Waals surface area contributed by atoms with Crippen LogP contribution in [0, 0.1) is 17.8 Å². The van der Waals surface area contributed by atoms with Gasteiger partial charge in [-0.1, -0.05) is 0 Å². The molecule has 160 valence electrons. The van der Waals surface area contributed by atoms with Crippen LogP contribution in [0.1, 0.15) is 0 Å². The Kier molecular flexibility index (Phi) is 14.9. The van der Waals surface area contributed by atoms with Gasteiger partial charge in [0.2, 0.25) is 11.8 Å². The first-order chi connectivity index (χ1) is 13.0. The van der Waals surface area contributed by atoms with Gasteiger partial charge in [-0.25, -0.2) is 0 Å². The predicted octanol–water partition coefficient (Wildman–Crippen LogP) is -4.88. The van der Waals surface area contributed by atoms with Crippen molar-refractivity contribution in [3.63, 3.8) is 0 Å². The van der Waals surface area contributed by atoms with E-state index in [1.807, 2.05) is 0 Å². The molecule has 0 aliphatic heterocycles. The van der Waals surface area contributed by atoms with Crippen molar-refractivity contribution in [1.29, 1.82) is 0 Å². The number of nitrogens with two attached hydrogens (primary N) is 6. The highest BCUT2D eigenvalue weighted by molar-refractivity contribution is 5.80. The molecule has 0 fully saturated rings. The zero-order valence-electron chi connectivity index (χ0n) is 16.2. The highest BCUT2D eigenvalue weighted by Gasteiger charge is 2.22. The highest BCUT2D eigenvalue weighted by atomic mass is 16.2. The van der Waals surface area contributed by atoms with Gasteiger partial charge in [-0.2, -0.15) is 0 Å². The van der Waals surface area contributed by atoms with Gasteiger partial charge in [0.1, 0.15) is 0 Å². The third-order valence-electron chi connectivity index (χ3n) is 4.51. The van der Waals surface area contributed by atoms with Gasteiger partial charge < -0.3 is 49.9 Å². The van der Waals surface area contributed by atoms with Gasteiger partial charge >= 0.3 is 0 Å². The zero-order valence-corrected chi connectivity index (χ0v) is 16.2. The number of carbonyl (C=O) groups excluding carboxylic acids is 2. The van der Waals surface area contributed by atoms with Gasteiger partial charge in [0.25, 0.3) is 0 Å². The molecular weight excluding hydrogens is 350 g/mol. The molecule has 0 heterocycles. The summed E-state index contributed by atoms with van der Waals surface area (Å²) in [5, 5.41) is 6.01. The Morgan fingerprint density at radius 2 is 1.26 bits per heavy atom. The first-order valence-corrected chi connectivity index (χ1v) is 9.46. The summed E-state index contributed by atoms with van der Waals surface area (Å²) in [5.41, 5.74) is 33.5. The van der Waals surface area contributed by atoms with Crippen molar-refractivity contribution >= 4 is 11.8 Å². The molecule has 0 rings (SSSR count). The van der Waals surface area contributed by atoms with Gasteiger partial charge in [-0.15, -0.1) is 0 Å². The van der Waals surface area contributed by atoms with Crippen molar-refractivity contribution in [2.75, 3.05) is 72.0 Å². The Balaban J connectivity index is 4.61. The second-order valence-corrected chi connectivity index (χ2v) is 6.49. The van der Waals surface area contributed by atoms with Crippen LogP contribution in [0.3, 0.4) is 0 Å². The molecule has 0 aromatic heterocycles. The van der Waals surface area contributed by atoms with Crippen LogP contribution in [-0.4, -0.2) is 88.7 Å². The van der Waals surface area contributed by atoms with Crippen LogP contribution < -0.4 is 45.0 Å². The summed E-state index contributed by atoms with van der Waals surface area (Å²) in [6, 6.07) is 0. The minimum atomic E-state index is -0.442. The molecule has 0 radical (unpaired) electrons. The fraction of sp³-hybridized carbons (Fsp3) is 0.875. The van der Waals surface area contributed by atoms with E-state index in [1.165, 1.54) is 0 Å². The van der Waals surface area contributed by atoms with E-state index >= 15 is 0 Å². The number of rotatable bonds is 16. The number of hydrogen-bond donors (Lipinski definition) is 8. The molecule has 0 spiro atoms. The fourth-order valence-electron chi connectivity index (χ4n) is 2.44. The molecule has 11 heteroatoms. The summed E-state index contributed by atoms with van der Waals surface area (Å²) in [6.07, 6.45) is 0. The van der Waals surface area contributed by atoms with Crippen molar-refractivity contribution < 1.29 is 9.59 Å². The monoisotopic (exact) mass is 389 g/mol. The molecule has 27 heavy (non-hydrogen) atoms. The summed E-state index contributed by atoms with van der Waals surface area (Å²) in [6.45, 7) is 4.09. The number of hydrogen-bond acceptors (Lipinski definition) is 9. The van der Waals surface area contributed by atoms with Gasteiger partial charge in [0.05, 0.1) is 11.8 Å². The average Bonchev–Trinajstić information content (AvgIpc) is 2.68. The summed E-state index contributed by atoms with van der Waals surface area (Å²) in [5.74, 6) is -1.02. The Bertz CT molecular complexity index is 399. The van der Waals surface area contributed by atoms with E-state index in [9.17, 15) is 9.59 Å². The van der Waals surface area contributed by atoms with E-state index < -0.39 is 11.8 Å². The number of carbonyl (C=O) groups is 2. The van der Waals surface area contributed by atoms with E-state index in [4.69, 9.17) is 34.4 Å². The molecule has 0 atom stereocenters. The van der Waals surface area contributed by atoms with Crippen molar-refractivity contribution in [2.24, 2.45) is 52.2 Å². The van der Waals surface area contributed by atoms with Crippen LogP contribution >= 0.6 is 0 Å². The third-order valence-corrected chi connectivity index (χ3v) is 4.51. The van der Waals surface area contributed by atoms with E-state index in [0.29, 0.717) is 45.8 Å². The normalized spacial score (nSPS) is 11.4. The molecule has 0 unspecified atom stereocenters. The van der Waals surface area contributed by atoms with Gasteiger partial charge in [-0.3, -0.25) is 9.59 Å². The SMILES string of the molecule is NCC(CN)CNCCN(CCNC(=O)C(CN)CN)C(=O)C(CN)CN. The van der Waals surface area contributed by atoms with E-state index in [-0.39, 0.29) is 43.9 Å². The highest BCUT2D eigenvalue weighted by Crippen LogP contribution is 2.01. The quantitative estimate of drug-likeness (QED) is 0.118. The number of nitrogens with one attached hydrogen (secondary N) is 2. The maximum atomic E-state index is 12.6. The second kappa shape index (κ2) is 15.7. The lowest BCUT2D eigenvalue weighted by molar-refractivity contribution is -0.135. The van der Waals surface area contributed by atoms with Crippen molar-refractivity contribution in [3.05, 3.63) is 0 Å². The summed E-state index contributed by atoms with van der Waals surface area (Å²) < 4.78 is 0. The first-order valence-electron chi connectivity index (χ1n) is 9.46. The van der Waals surface area contributed by atoms with E-state index in [0.717, 1.165) is 0 Å². The lowest BCUT2D eigenvalue weighted by atomic mass is 10.1. The molecule has 2 amide bonds. The standard InChI is InChI=1S/C16H39N9O2/c17-5-12(6-18)11-23-1-3-25(16(27)14(9-21)10-22)4-2-24-15(26)13(7-19)8-20/h12-14,23H,1-11,17-22H2,(H,24,26). The minimum absolute atomic E-state index is 0.126.